The lowest BCUT2D eigenvalue weighted by molar-refractivity contribution is 0.304. The first-order chi connectivity index (χ1) is 14.2. The van der Waals surface area contributed by atoms with Gasteiger partial charge in [0, 0.05) is 11.8 Å². The number of hydrogen-bond acceptors (Lipinski definition) is 3. The minimum atomic E-state index is 0.608. The number of aryl methyl sites for hydroxylation is 2. The molecule has 29 heavy (non-hydrogen) atoms. The van der Waals surface area contributed by atoms with Crippen LogP contribution in [0, 0.1) is 0 Å². The van der Waals surface area contributed by atoms with Crippen LogP contribution in [0.1, 0.15) is 82.2 Å². The fourth-order valence-electron chi connectivity index (χ4n) is 3.70. The molecule has 0 spiro atoms. The molecule has 1 heterocycles. The summed E-state index contributed by atoms with van der Waals surface area (Å²) in [6.45, 7) is 5.11. The molecule has 0 aliphatic rings. The van der Waals surface area contributed by atoms with E-state index in [4.69, 9.17) is 21.1 Å². The molecular formula is C24H37ClN2O2. The van der Waals surface area contributed by atoms with Crippen molar-refractivity contribution in [2.45, 2.75) is 84.5 Å². The van der Waals surface area contributed by atoms with Gasteiger partial charge in [0.25, 0.3) is 0 Å². The van der Waals surface area contributed by atoms with Crippen LogP contribution in [0.15, 0.2) is 18.2 Å². The van der Waals surface area contributed by atoms with Crippen LogP contribution < -0.4 is 9.47 Å². The summed E-state index contributed by atoms with van der Waals surface area (Å²) in [4.78, 5) is 0. The van der Waals surface area contributed by atoms with Gasteiger partial charge in [0.15, 0.2) is 0 Å². The number of ether oxygens (including phenoxy) is 2. The molecule has 1 aromatic carbocycles. The van der Waals surface area contributed by atoms with Gasteiger partial charge in [0.1, 0.15) is 11.5 Å². The Hall–Kier alpha value is -1.68. The lowest BCUT2D eigenvalue weighted by Crippen LogP contribution is -1.98. The van der Waals surface area contributed by atoms with Gasteiger partial charge in [-0.2, -0.15) is 5.10 Å². The maximum Gasteiger partial charge on any atom is 0.138 e. The van der Waals surface area contributed by atoms with Gasteiger partial charge in [-0.25, -0.2) is 0 Å². The van der Waals surface area contributed by atoms with Gasteiger partial charge in [-0.05, 0) is 49.8 Å². The molecule has 2 rings (SSSR count). The summed E-state index contributed by atoms with van der Waals surface area (Å²) in [5, 5.41) is 8.27. The highest BCUT2D eigenvalue weighted by molar-refractivity contribution is 6.32. The monoisotopic (exact) mass is 420 g/mol. The van der Waals surface area contributed by atoms with Crippen LogP contribution in [0.4, 0.5) is 0 Å². The Labute approximate surface area is 181 Å². The number of nitrogens with zero attached hydrogens (tertiary/aromatic N) is 1. The Morgan fingerprint density at radius 1 is 0.931 bits per heavy atom. The second-order valence-electron chi connectivity index (χ2n) is 7.56. The Bertz CT molecular complexity index is 693. The summed E-state index contributed by atoms with van der Waals surface area (Å²) in [5.74, 6) is 1.49. The number of nitrogens with one attached hydrogen (secondary N) is 1. The Balaban J connectivity index is 1.47. The van der Waals surface area contributed by atoms with Crippen molar-refractivity contribution in [1.82, 2.24) is 10.2 Å². The van der Waals surface area contributed by atoms with E-state index in [9.17, 15) is 0 Å². The van der Waals surface area contributed by atoms with Gasteiger partial charge >= 0.3 is 0 Å². The van der Waals surface area contributed by atoms with E-state index in [2.05, 4.69) is 24.0 Å². The van der Waals surface area contributed by atoms with Crippen molar-refractivity contribution in [2.24, 2.45) is 0 Å². The largest absolute Gasteiger partial charge is 0.497 e. The van der Waals surface area contributed by atoms with Crippen LogP contribution in [-0.2, 0) is 19.3 Å². The van der Waals surface area contributed by atoms with Crippen molar-refractivity contribution >= 4 is 11.6 Å². The highest BCUT2D eigenvalue weighted by Crippen LogP contribution is 2.28. The molecule has 2 aromatic rings. The molecule has 0 fully saturated rings. The normalized spacial score (nSPS) is 11.0. The van der Waals surface area contributed by atoms with Gasteiger partial charge in [-0.3, -0.25) is 5.10 Å². The summed E-state index contributed by atoms with van der Waals surface area (Å²) >= 11 is 6.19. The summed E-state index contributed by atoms with van der Waals surface area (Å²) in [7, 11) is 1.64. The third-order valence-corrected chi connectivity index (χ3v) is 5.74. The molecule has 0 aliphatic heterocycles. The number of unbranched alkanes of at least 4 members (excludes halogenated alkanes) is 7. The molecule has 0 bridgehead atoms. The van der Waals surface area contributed by atoms with E-state index >= 15 is 0 Å². The molecule has 1 N–H and O–H groups in total. The molecule has 1 aromatic heterocycles. The zero-order valence-electron chi connectivity index (χ0n) is 18.4. The zero-order chi connectivity index (χ0) is 20.9. The molecule has 0 unspecified atom stereocenters. The molecule has 5 heteroatoms. The van der Waals surface area contributed by atoms with E-state index in [1.165, 1.54) is 68.3 Å². The Morgan fingerprint density at radius 2 is 1.62 bits per heavy atom. The van der Waals surface area contributed by atoms with E-state index < -0.39 is 0 Å². The lowest BCUT2D eigenvalue weighted by atomic mass is 10.0. The average Bonchev–Trinajstić information content (AvgIpc) is 3.14. The molecule has 0 radical (unpaired) electrons. The third kappa shape index (κ3) is 7.93. The summed E-state index contributed by atoms with van der Waals surface area (Å²) < 4.78 is 10.9. The van der Waals surface area contributed by atoms with Crippen LogP contribution >= 0.6 is 11.6 Å². The molecule has 162 valence electrons. The molecule has 0 saturated carbocycles. The first-order valence-electron chi connectivity index (χ1n) is 11.2. The maximum atomic E-state index is 6.19. The van der Waals surface area contributed by atoms with Crippen LogP contribution in [0.3, 0.4) is 0 Å². The number of methoxy groups -OCH3 is 1. The topological polar surface area (TPSA) is 47.1 Å². The van der Waals surface area contributed by atoms with Crippen LogP contribution in [-0.4, -0.2) is 23.9 Å². The molecule has 0 saturated heterocycles. The van der Waals surface area contributed by atoms with Gasteiger partial charge in [0.2, 0.25) is 0 Å². The van der Waals surface area contributed by atoms with Gasteiger partial charge in [-0.1, -0.05) is 64.0 Å². The van der Waals surface area contributed by atoms with Crippen molar-refractivity contribution in [3.8, 4) is 11.5 Å². The first kappa shape index (κ1) is 23.6. The first-order valence-corrected chi connectivity index (χ1v) is 11.6. The fraction of sp³-hybridized carbons (Fsp3) is 0.625. The van der Waals surface area contributed by atoms with Crippen molar-refractivity contribution in [3.63, 3.8) is 0 Å². The van der Waals surface area contributed by atoms with Crippen molar-refractivity contribution in [3.05, 3.63) is 40.2 Å². The second kappa shape index (κ2) is 13.5. The number of aromatic nitrogens is 2. The van der Waals surface area contributed by atoms with Crippen molar-refractivity contribution < 1.29 is 9.47 Å². The summed E-state index contributed by atoms with van der Waals surface area (Å²) in [6, 6.07) is 5.53. The van der Waals surface area contributed by atoms with Crippen LogP contribution in [0.2, 0.25) is 5.02 Å². The van der Waals surface area contributed by atoms with E-state index in [1.807, 2.05) is 12.1 Å². The van der Waals surface area contributed by atoms with E-state index in [0.29, 0.717) is 5.02 Å². The van der Waals surface area contributed by atoms with Crippen molar-refractivity contribution in [1.29, 1.82) is 0 Å². The molecular weight excluding hydrogens is 384 g/mol. The SMILES string of the molecule is CCc1n[nH]c(CC)c1CCCCCCCCCCOc1ccc(OC)cc1Cl. The predicted octanol–water partition coefficient (Wildman–Crippen LogP) is 6.94. The quantitative estimate of drug-likeness (QED) is 0.317. The number of rotatable bonds is 15. The van der Waals surface area contributed by atoms with Crippen LogP contribution in [0.5, 0.6) is 11.5 Å². The zero-order valence-corrected chi connectivity index (χ0v) is 19.1. The lowest BCUT2D eigenvalue weighted by Gasteiger charge is -2.09. The third-order valence-electron chi connectivity index (χ3n) is 5.44. The highest BCUT2D eigenvalue weighted by atomic mass is 35.5. The standard InChI is InChI=1S/C24H37ClN2O2/c1-4-22-20(23(5-2)27-26-22)14-12-10-8-6-7-9-11-13-17-29-24-16-15-19(28-3)18-21(24)25/h15-16,18H,4-14,17H2,1-3H3,(H,26,27). The predicted molar refractivity (Wildman–Crippen MR) is 121 cm³/mol. The van der Waals surface area contributed by atoms with Crippen LogP contribution in [0.25, 0.3) is 0 Å². The minimum Gasteiger partial charge on any atom is -0.497 e. The fourth-order valence-corrected chi connectivity index (χ4v) is 3.92. The van der Waals surface area contributed by atoms with Gasteiger partial charge < -0.3 is 9.47 Å². The number of aromatic amines is 1. The van der Waals surface area contributed by atoms with E-state index in [1.54, 1.807) is 13.2 Å². The van der Waals surface area contributed by atoms with E-state index in [-0.39, 0.29) is 0 Å². The number of H-pyrrole nitrogens is 1. The highest BCUT2D eigenvalue weighted by Gasteiger charge is 2.09. The number of hydrogen-bond donors (Lipinski definition) is 1. The maximum absolute atomic E-state index is 6.19. The minimum absolute atomic E-state index is 0.608. The molecule has 0 aliphatic carbocycles. The molecule has 0 atom stereocenters. The Kier molecular flexibility index (Phi) is 11.0. The summed E-state index contributed by atoms with van der Waals surface area (Å²) in [5.41, 5.74) is 4.08. The summed E-state index contributed by atoms with van der Waals surface area (Å²) in [6.07, 6.45) is 13.4. The second-order valence-corrected chi connectivity index (χ2v) is 7.96. The number of halogens is 1. The Morgan fingerprint density at radius 3 is 2.24 bits per heavy atom. The molecule has 0 amide bonds. The molecule has 4 nitrogen and oxygen atoms in total. The van der Waals surface area contributed by atoms with Gasteiger partial charge in [-0.15, -0.1) is 0 Å². The van der Waals surface area contributed by atoms with Gasteiger partial charge in [0.05, 0.1) is 24.4 Å². The number of benzene rings is 1. The smallest absolute Gasteiger partial charge is 0.138 e. The van der Waals surface area contributed by atoms with Crippen molar-refractivity contribution in [2.75, 3.05) is 13.7 Å². The van der Waals surface area contributed by atoms with E-state index in [0.717, 1.165) is 37.4 Å². The average molecular weight is 421 g/mol.